The van der Waals surface area contributed by atoms with Crippen LogP contribution < -0.4 is 0 Å². The third kappa shape index (κ3) is 4.46. The van der Waals surface area contributed by atoms with E-state index < -0.39 is 0 Å². The number of carbonyl (C=O) groups is 1. The minimum atomic E-state index is -0.370. The monoisotopic (exact) mass is 301 g/mol. The zero-order valence-corrected chi connectivity index (χ0v) is 11.5. The average molecular weight is 302 g/mol. The summed E-state index contributed by atoms with van der Waals surface area (Å²) in [7, 11) is 0. The molecule has 94 valence electrons. The highest BCUT2D eigenvalue weighted by Crippen LogP contribution is 2.09. The summed E-state index contributed by atoms with van der Waals surface area (Å²) in [5.41, 5.74) is 0.419. The van der Waals surface area contributed by atoms with Gasteiger partial charge in [0.1, 0.15) is 5.82 Å². The Balaban J connectivity index is 2.76. The average Bonchev–Trinajstić information content (AvgIpc) is 2.33. The van der Waals surface area contributed by atoms with Gasteiger partial charge in [-0.2, -0.15) is 0 Å². The van der Waals surface area contributed by atoms with Crippen molar-refractivity contribution in [3.8, 4) is 0 Å². The lowest BCUT2D eigenvalue weighted by atomic mass is 10.2. The molecule has 0 saturated heterocycles. The van der Waals surface area contributed by atoms with Crippen LogP contribution in [-0.4, -0.2) is 29.2 Å². The van der Waals surface area contributed by atoms with Crippen molar-refractivity contribution in [2.45, 2.75) is 19.8 Å². The van der Waals surface area contributed by atoms with Crippen LogP contribution in [0.3, 0.4) is 0 Å². The van der Waals surface area contributed by atoms with Crippen LogP contribution in [0.15, 0.2) is 24.3 Å². The van der Waals surface area contributed by atoms with Gasteiger partial charge in [0.05, 0.1) is 0 Å². The number of alkyl halides is 1. The van der Waals surface area contributed by atoms with Gasteiger partial charge in [-0.25, -0.2) is 4.39 Å². The van der Waals surface area contributed by atoms with Gasteiger partial charge in [-0.15, -0.1) is 0 Å². The standard InChI is InChI=1S/C13H17BrFNO/c1-2-3-8-16(9-7-14)13(17)11-5-4-6-12(15)10-11/h4-6,10H,2-3,7-9H2,1H3. The van der Waals surface area contributed by atoms with E-state index >= 15 is 0 Å². The van der Waals surface area contributed by atoms with Crippen molar-refractivity contribution in [3.05, 3.63) is 35.6 Å². The molecular weight excluding hydrogens is 285 g/mol. The fraction of sp³-hybridized carbons (Fsp3) is 0.462. The van der Waals surface area contributed by atoms with Crippen molar-refractivity contribution in [1.82, 2.24) is 4.90 Å². The van der Waals surface area contributed by atoms with Gasteiger partial charge >= 0.3 is 0 Å². The second kappa shape index (κ2) is 7.43. The highest BCUT2D eigenvalue weighted by molar-refractivity contribution is 9.09. The molecule has 2 nitrogen and oxygen atoms in total. The molecule has 0 aliphatic carbocycles. The van der Waals surface area contributed by atoms with E-state index in [0.717, 1.165) is 24.7 Å². The van der Waals surface area contributed by atoms with Gasteiger partial charge in [0, 0.05) is 24.0 Å². The first-order chi connectivity index (χ1) is 8.19. The maximum absolute atomic E-state index is 13.0. The van der Waals surface area contributed by atoms with Gasteiger partial charge in [-0.05, 0) is 24.6 Å². The lowest BCUT2D eigenvalue weighted by Gasteiger charge is -2.21. The van der Waals surface area contributed by atoms with Gasteiger partial charge in [0.15, 0.2) is 0 Å². The van der Waals surface area contributed by atoms with Crippen molar-refractivity contribution in [3.63, 3.8) is 0 Å². The fourth-order valence-electron chi connectivity index (χ4n) is 1.57. The molecule has 1 amide bonds. The number of carbonyl (C=O) groups excluding carboxylic acids is 1. The largest absolute Gasteiger partial charge is 0.338 e. The Bertz CT molecular complexity index is 370. The molecule has 0 heterocycles. The molecule has 0 spiro atoms. The van der Waals surface area contributed by atoms with Gasteiger partial charge in [-0.3, -0.25) is 4.79 Å². The van der Waals surface area contributed by atoms with Crippen LogP contribution in [0.4, 0.5) is 4.39 Å². The molecule has 0 aliphatic rings. The summed E-state index contributed by atoms with van der Waals surface area (Å²) in [6, 6.07) is 5.85. The Kier molecular flexibility index (Phi) is 6.19. The van der Waals surface area contributed by atoms with Crippen LogP contribution >= 0.6 is 15.9 Å². The van der Waals surface area contributed by atoms with Gasteiger partial charge in [0.2, 0.25) is 0 Å². The third-order valence-electron chi connectivity index (χ3n) is 2.49. The zero-order valence-electron chi connectivity index (χ0n) is 9.96. The van der Waals surface area contributed by atoms with E-state index in [-0.39, 0.29) is 11.7 Å². The Labute approximate surface area is 110 Å². The first-order valence-electron chi connectivity index (χ1n) is 5.79. The summed E-state index contributed by atoms with van der Waals surface area (Å²) in [6.45, 7) is 3.45. The number of unbranched alkanes of at least 4 members (excludes halogenated alkanes) is 1. The quantitative estimate of drug-likeness (QED) is 0.737. The van der Waals surface area contributed by atoms with E-state index in [0.29, 0.717) is 12.1 Å². The van der Waals surface area contributed by atoms with E-state index in [1.165, 1.54) is 12.1 Å². The molecule has 0 saturated carbocycles. The predicted molar refractivity (Wildman–Crippen MR) is 71.0 cm³/mol. The minimum absolute atomic E-state index is 0.0996. The van der Waals surface area contributed by atoms with Crippen molar-refractivity contribution in [2.24, 2.45) is 0 Å². The topological polar surface area (TPSA) is 20.3 Å². The minimum Gasteiger partial charge on any atom is -0.338 e. The van der Waals surface area contributed by atoms with Gasteiger partial charge in [-0.1, -0.05) is 35.3 Å². The van der Waals surface area contributed by atoms with Gasteiger partial charge < -0.3 is 4.90 Å². The third-order valence-corrected chi connectivity index (χ3v) is 2.85. The number of nitrogens with zero attached hydrogens (tertiary/aromatic N) is 1. The fourth-order valence-corrected chi connectivity index (χ4v) is 2.00. The summed E-state index contributed by atoms with van der Waals surface area (Å²) in [6.07, 6.45) is 2.00. The van der Waals surface area contributed by atoms with Crippen molar-refractivity contribution < 1.29 is 9.18 Å². The molecule has 0 unspecified atom stereocenters. The van der Waals surface area contributed by atoms with Crippen molar-refractivity contribution in [1.29, 1.82) is 0 Å². The highest BCUT2D eigenvalue weighted by atomic mass is 79.9. The second-order valence-electron chi connectivity index (χ2n) is 3.85. The van der Waals surface area contributed by atoms with E-state index in [9.17, 15) is 9.18 Å². The maximum atomic E-state index is 13.0. The molecule has 1 aromatic rings. The highest BCUT2D eigenvalue weighted by Gasteiger charge is 2.14. The zero-order chi connectivity index (χ0) is 12.7. The molecule has 4 heteroatoms. The van der Waals surface area contributed by atoms with Crippen LogP contribution in [0.2, 0.25) is 0 Å². The van der Waals surface area contributed by atoms with E-state index in [1.54, 1.807) is 17.0 Å². The summed E-state index contributed by atoms with van der Waals surface area (Å²) in [4.78, 5) is 13.9. The van der Waals surface area contributed by atoms with Crippen molar-refractivity contribution in [2.75, 3.05) is 18.4 Å². The number of benzene rings is 1. The number of rotatable bonds is 6. The summed E-state index contributed by atoms with van der Waals surface area (Å²) in [5.74, 6) is -0.470. The summed E-state index contributed by atoms with van der Waals surface area (Å²) < 4.78 is 13.0. The molecule has 0 aromatic heterocycles. The second-order valence-corrected chi connectivity index (χ2v) is 4.64. The molecule has 1 aromatic carbocycles. The molecule has 17 heavy (non-hydrogen) atoms. The lowest BCUT2D eigenvalue weighted by Crippen LogP contribution is -2.33. The number of hydrogen-bond acceptors (Lipinski definition) is 1. The molecule has 0 radical (unpaired) electrons. The molecule has 0 aliphatic heterocycles. The van der Waals surface area contributed by atoms with Crippen LogP contribution in [-0.2, 0) is 0 Å². The van der Waals surface area contributed by atoms with Crippen molar-refractivity contribution >= 4 is 21.8 Å². The first-order valence-corrected chi connectivity index (χ1v) is 6.92. The molecule has 0 fully saturated rings. The molecule has 1 rings (SSSR count). The maximum Gasteiger partial charge on any atom is 0.253 e. The van der Waals surface area contributed by atoms with E-state index in [4.69, 9.17) is 0 Å². The summed E-state index contributed by atoms with van der Waals surface area (Å²) in [5, 5.41) is 0.734. The van der Waals surface area contributed by atoms with Gasteiger partial charge in [0.25, 0.3) is 5.91 Å². The molecular formula is C13H17BrFNO. The Morgan fingerprint density at radius 1 is 1.41 bits per heavy atom. The summed E-state index contributed by atoms with van der Waals surface area (Å²) >= 11 is 3.33. The van der Waals surface area contributed by atoms with Crippen LogP contribution in [0, 0.1) is 5.82 Å². The molecule has 0 bridgehead atoms. The molecule has 0 atom stereocenters. The Hall–Kier alpha value is -0.900. The molecule has 0 N–H and O–H groups in total. The smallest absolute Gasteiger partial charge is 0.253 e. The van der Waals surface area contributed by atoms with E-state index in [1.807, 2.05) is 0 Å². The SMILES string of the molecule is CCCCN(CCBr)C(=O)c1cccc(F)c1. The van der Waals surface area contributed by atoms with Crippen LogP contribution in [0.5, 0.6) is 0 Å². The van der Waals surface area contributed by atoms with E-state index in [2.05, 4.69) is 22.9 Å². The Morgan fingerprint density at radius 3 is 2.76 bits per heavy atom. The van der Waals surface area contributed by atoms with Crippen LogP contribution in [0.25, 0.3) is 0 Å². The number of amides is 1. The first kappa shape index (κ1) is 14.2. The number of hydrogen-bond donors (Lipinski definition) is 0. The predicted octanol–water partition coefficient (Wildman–Crippen LogP) is 3.46. The number of halogens is 2. The Morgan fingerprint density at radius 2 is 2.18 bits per heavy atom. The lowest BCUT2D eigenvalue weighted by molar-refractivity contribution is 0.0764. The normalized spacial score (nSPS) is 10.3. The van der Waals surface area contributed by atoms with Crippen LogP contribution in [0.1, 0.15) is 30.1 Å².